The lowest BCUT2D eigenvalue weighted by atomic mass is 10.2. The minimum absolute atomic E-state index is 0.602. The van der Waals surface area contributed by atoms with Crippen molar-refractivity contribution in [2.75, 3.05) is 5.32 Å². The van der Waals surface area contributed by atoms with E-state index in [-0.39, 0.29) is 0 Å². The Morgan fingerprint density at radius 1 is 1.38 bits per heavy atom. The number of nitrogens with zero attached hydrogens (tertiary/aromatic N) is 5. The van der Waals surface area contributed by atoms with E-state index in [0.29, 0.717) is 17.1 Å². The summed E-state index contributed by atoms with van der Waals surface area (Å²) in [5.74, 6) is 0. The van der Waals surface area contributed by atoms with Crippen LogP contribution in [-0.4, -0.2) is 20.2 Å². The van der Waals surface area contributed by atoms with Crippen molar-refractivity contribution < 1.29 is 0 Å². The third-order valence-electron chi connectivity index (χ3n) is 2.80. The number of tetrazole rings is 1. The summed E-state index contributed by atoms with van der Waals surface area (Å²) in [4.78, 5) is 1.07. The van der Waals surface area contributed by atoms with Crippen LogP contribution in [0.2, 0.25) is 5.02 Å². The predicted octanol–water partition coefficient (Wildman–Crippen LogP) is 2.86. The Morgan fingerprint density at radius 3 is 3.00 bits per heavy atom. The molecule has 0 saturated heterocycles. The molecule has 1 N–H and O–H groups in total. The summed E-state index contributed by atoms with van der Waals surface area (Å²) < 4.78 is 1.56. The van der Waals surface area contributed by atoms with E-state index in [1.54, 1.807) is 10.7 Å². The lowest BCUT2D eigenvalue weighted by Crippen LogP contribution is -2.01. The average Bonchev–Trinajstić information content (AvgIpc) is 3.18. The van der Waals surface area contributed by atoms with Gasteiger partial charge in [0, 0.05) is 16.8 Å². The van der Waals surface area contributed by atoms with Gasteiger partial charge in [-0.25, -0.2) is 4.68 Å². The van der Waals surface area contributed by atoms with Crippen LogP contribution in [0.3, 0.4) is 0 Å². The Labute approximate surface area is 129 Å². The third-order valence-corrected chi connectivity index (χ3v) is 4.07. The molecule has 8 heteroatoms. The van der Waals surface area contributed by atoms with Crippen LogP contribution < -0.4 is 5.32 Å². The zero-order valence-electron chi connectivity index (χ0n) is 10.7. The van der Waals surface area contributed by atoms with Crippen LogP contribution in [0.25, 0.3) is 5.69 Å². The topological polar surface area (TPSA) is 79.4 Å². The smallest absolute Gasteiger partial charge is 0.143 e. The molecule has 6 nitrogen and oxygen atoms in total. The molecule has 0 saturated carbocycles. The summed E-state index contributed by atoms with van der Waals surface area (Å²) in [6.07, 6.45) is 1.52. The van der Waals surface area contributed by atoms with Gasteiger partial charge in [0.15, 0.2) is 0 Å². The van der Waals surface area contributed by atoms with Crippen molar-refractivity contribution in [1.82, 2.24) is 20.2 Å². The normalized spacial score (nSPS) is 10.3. The molecule has 3 rings (SSSR count). The van der Waals surface area contributed by atoms with Crippen molar-refractivity contribution in [2.45, 2.75) is 6.54 Å². The average molecular weight is 317 g/mol. The van der Waals surface area contributed by atoms with Crippen molar-refractivity contribution in [3.63, 3.8) is 0 Å². The van der Waals surface area contributed by atoms with E-state index >= 15 is 0 Å². The van der Waals surface area contributed by atoms with Crippen molar-refractivity contribution in [1.29, 1.82) is 5.26 Å². The third kappa shape index (κ3) is 3.02. The Kier molecular flexibility index (Phi) is 3.81. The first-order valence-electron chi connectivity index (χ1n) is 6.00. The molecule has 0 spiro atoms. The molecule has 0 fully saturated rings. The summed E-state index contributed by atoms with van der Waals surface area (Å²) in [5.41, 5.74) is 2.28. The summed E-state index contributed by atoms with van der Waals surface area (Å²) in [6.45, 7) is 0.602. The van der Waals surface area contributed by atoms with Gasteiger partial charge in [0.2, 0.25) is 0 Å². The summed E-state index contributed by atoms with van der Waals surface area (Å²) >= 11 is 7.72. The number of rotatable bonds is 4. The number of halogens is 1. The first-order chi connectivity index (χ1) is 10.3. The molecule has 2 heterocycles. The highest BCUT2D eigenvalue weighted by Gasteiger charge is 2.06. The molecule has 1 aromatic carbocycles. The minimum Gasteiger partial charge on any atom is -0.379 e. The number of hydrogen-bond donors (Lipinski definition) is 1. The fourth-order valence-electron chi connectivity index (χ4n) is 1.79. The summed E-state index contributed by atoms with van der Waals surface area (Å²) in [7, 11) is 0. The van der Waals surface area contributed by atoms with Crippen LogP contribution in [0.15, 0.2) is 36.0 Å². The molecule has 0 aliphatic heterocycles. The molecule has 2 aromatic heterocycles. The molecule has 0 amide bonds. The van der Waals surface area contributed by atoms with Gasteiger partial charge in [-0.3, -0.25) is 0 Å². The molecule has 0 aliphatic carbocycles. The van der Waals surface area contributed by atoms with Gasteiger partial charge in [0.25, 0.3) is 0 Å². The Morgan fingerprint density at radius 2 is 2.29 bits per heavy atom. The van der Waals surface area contributed by atoms with Gasteiger partial charge in [0.05, 0.1) is 22.0 Å². The molecule has 0 radical (unpaired) electrons. The second kappa shape index (κ2) is 5.91. The molecule has 0 unspecified atom stereocenters. The molecule has 0 bridgehead atoms. The molecule has 0 atom stereocenters. The number of thiophene rings is 1. The Bertz CT molecular complexity index is 789. The molecular weight excluding hydrogens is 308 g/mol. The van der Waals surface area contributed by atoms with Gasteiger partial charge < -0.3 is 5.32 Å². The van der Waals surface area contributed by atoms with Crippen LogP contribution >= 0.6 is 22.9 Å². The van der Waals surface area contributed by atoms with E-state index in [0.717, 1.165) is 16.3 Å². The van der Waals surface area contributed by atoms with E-state index < -0.39 is 0 Å². The first-order valence-corrected chi connectivity index (χ1v) is 7.26. The first kappa shape index (κ1) is 13.5. The maximum absolute atomic E-state index is 8.82. The maximum Gasteiger partial charge on any atom is 0.143 e. The SMILES string of the molecule is N#Cc1csc(CNc2cc(-n3cnnn3)ccc2Cl)c1. The van der Waals surface area contributed by atoms with Crippen LogP contribution in [0.4, 0.5) is 5.69 Å². The van der Waals surface area contributed by atoms with Crippen LogP contribution in [0.5, 0.6) is 0 Å². The molecule has 104 valence electrons. The zero-order valence-corrected chi connectivity index (χ0v) is 12.3. The number of aromatic nitrogens is 4. The monoisotopic (exact) mass is 316 g/mol. The fourth-order valence-corrected chi connectivity index (χ4v) is 2.72. The quantitative estimate of drug-likeness (QED) is 0.800. The molecule has 21 heavy (non-hydrogen) atoms. The van der Waals surface area contributed by atoms with Gasteiger partial charge in [-0.2, -0.15) is 5.26 Å². The van der Waals surface area contributed by atoms with Crippen molar-refractivity contribution in [3.05, 3.63) is 51.4 Å². The highest BCUT2D eigenvalue weighted by Crippen LogP contribution is 2.25. The summed E-state index contributed by atoms with van der Waals surface area (Å²) in [6, 6.07) is 9.47. The number of nitriles is 1. The van der Waals surface area contributed by atoms with Crippen molar-refractivity contribution >= 4 is 28.6 Å². The molecule has 3 aromatic rings. The van der Waals surface area contributed by atoms with Crippen LogP contribution in [0.1, 0.15) is 10.4 Å². The number of benzene rings is 1. The van der Waals surface area contributed by atoms with Gasteiger partial charge in [-0.15, -0.1) is 16.4 Å². The van der Waals surface area contributed by atoms with E-state index in [2.05, 4.69) is 26.9 Å². The van der Waals surface area contributed by atoms with Gasteiger partial charge in [-0.05, 0) is 34.7 Å². The second-order valence-corrected chi connectivity index (χ2v) is 5.59. The van der Waals surface area contributed by atoms with Gasteiger partial charge in [-0.1, -0.05) is 11.6 Å². The van der Waals surface area contributed by atoms with Crippen LogP contribution in [0, 0.1) is 11.3 Å². The fraction of sp³-hybridized carbons (Fsp3) is 0.0769. The van der Waals surface area contributed by atoms with Crippen molar-refractivity contribution in [2.24, 2.45) is 0 Å². The second-order valence-electron chi connectivity index (χ2n) is 4.19. The van der Waals surface area contributed by atoms with E-state index in [4.69, 9.17) is 16.9 Å². The number of nitrogens with one attached hydrogen (secondary N) is 1. The zero-order chi connectivity index (χ0) is 14.7. The highest BCUT2D eigenvalue weighted by atomic mass is 35.5. The largest absolute Gasteiger partial charge is 0.379 e. The minimum atomic E-state index is 0.602. The van der Waals surface area contributed by atoms with Crippen LogP contribution in [-0.2, 0) is 6.54 Å². The van der Waals surface area contributed by atoms with Gasteiger partial charge >= 0.3 is 0 Å². The Balaban J connectivity index is 1.78. The summed E-state index contributed by atoms with van der Waals surface area (Å²) in [5, 5.41) is 25.6. The highest BCUT2D eigenvalue weighted by molar-refractivity contribution is 7.10. The Hall–Kier alpha value is -2.43. The van der Waals surface area contributed by atoms with Gasteiger partial charge in [0.1, 0.15) is 12.4 Å². The molecular formula is C13H9ClN6S. The lowest BCUT2D eigenvalue weighted by molar-refractivity contribution is 0.789. The maximum atomic E-state index is 8.82. The number of hydrogen-bond acceptors (Lipinski definition) is 6. The van der Waals surface area contributed by atoms with Crippen molar-refractivity contribution in [3.8, 4) is 11.8 Å². The number of anilines is 1. The standard InChI is InChI=1S/C13H9ClN6S/c14-12-2-1-10(20-8-17-18-19-20)4-13(12)16-6-11-3-9(5-15)7-21-11/h1-4,7-8,16H,6H2. The van der Waals surface area contributed by atoms with E-state index in [9.17, 15) is 0 Å². The molecule has 0 aliphatic rings. The van der Waals surface area contributed by atoms with E-state index in [1.165, 1.54) is 17.7 Å². The lowest BCUT2D eigenvalue weighted by Gasteiger charge is -2.09. The van der Waals surface area contributed by atoms with E-state index in [1.807, 2.05) is 23.6 Å². The predicted molar refractivity (Wildman–Crippen MR) is 80.5 cm³/mol.